The molecule has 0 aliphatic rings. The van der Waals surface area contributed by atoms with Crippen LogP contribution in [0, 0.1) is 5.82 Å². The fourth-order valence-corrected chi connectivity index (χ4v) is 5.13. The van der Waals surface area contributed by atoms with Gasteiger partial charge in [0, 0.05) is 17.1 Å². The first kappa shape index (κ1) is 21.5. The van der Waals surface area contributed by atoms with E-state index in [0.717, 1.165) is 32.2 Å². The number of carbonyl (C=O) groups is 1. The summed E-state index contributed by atoms with van der Waals surface area (Å²) < 4.78 is 14.2. The van der Waals surface area contributed by atoms with E-state index >= 15 is 0 Å². The Morgan fingerprint density at radius 2 is 1.81 bits per heavy atom. The first-order valence-corrected chi connectivity index (χ1v) is 12.0. The number of rotatable bonds is 8. The number of thiazole rings is 1. The van der Waals surface area contributed by atoms with Crippen molar-refractivity contribution >= 4 is 44.4 Å². The number of aryl methyl sites for hydroxylation is 1. The maximum absolute atomic E-state index is 13.2. The predicted octanol–water partition coefficient (Wildman–Crippen LogP) is 6.71. The van der Waals surface area contributed by atoms with Crippen LogP contribution in [0.15, 0.2) is 77.7 Å². The number of hydrogen-bond donors (Lipinski definition) is 0. The van der Waals surface area contributed by atoms with E-state index in [1.54, 1.807) is 40.1 Å². The average molecular weight is 451 g/mol. The normalized spacial score (nSPS) is 11.0. The highest BCUT2D eigenvalue weighted by Crippen LogP contribution is 2.31. The number of benzene rings is 3. The van der Waals surface area contributed by atoms with Crippen LogP contribution in [0.25, 0.3) is 10.2 Å². The zero-order chi connectivity index (χ0) is 21.6. The average Bonchev–Trinajstić information content (AvgIpc) is 3.22. The summed E-state index contributed by atoms with van der Waals surface area (Å²) in [6.07, 6.45) is 1.35. The molecule has 4 rings (SSSR count). The zero-order valence-corrected chi connectivity index (χ0v) is 18.9. The quantitative estimate of drug-likeness (QED) is 0.280. The molecular weight excluding hydrogens is 427 g/mol. The summed E-state index contributed by atoms with van der Waals surface area (Å²) in [5, 5.41) is 0.726. The fourth-order valence-electron chi connectivity index (χ4n) is 3.24. The smallest absolute Gasteiger partial charge is 0.229 e. The van der Waals surface area contributed by atoms with E-state index in [4.69, 9.17) is 4.98 Å². The van der Waals surface area contributed by atoms with Crippen LogP contribution in [0.2, 0.25) is 0 Å². The summed E-state index contributed by atoms with van der Waals surface area (Å²) in [5.41, 5.74) is 3.25. The molecule has 3 aromatic carbocycles. The molecule has 0 bridgehead atoms. The van der Waals surface area contributed by atoms with Gasteiger partial charge in [0.05, 0.1) is 16.8 Å². The van der Waals surface area contributed by atoms with Gasteiger partial charge in [0.1, 0.15) is 5.82 Å². The second-order valence-corrected chi connectivity index (χ2v) is 9.35. The third-order valence-electron chi connectivity index (χ3n) is 4.96. The Balaban J connectivity index is 1.53. The van der Waals surface area contributed by atoms with Crippen LogP contribution in [-0.4, -0.2) is 16.6 Å². The number of halogens is 1. The van der Waals surface area contributed by atoms with Crippen LogP contribution in [0.1, 0.15) is 24.5 Å². The molecule has 0 saturated heterocycles. The molecule has 158 valence electrons. The van der Waals surface area contributed by atoms with Crippen molar-refractivity contribution in [3.05, 3.63) is 89.7 Å². The van der Waals surface area contributed by atoms with Crippen LogP contribution in [-0.2, 0) is 17.8 Å². The molecule has 0 N–H and O–H groups in total. The van der Waals surface area contributed by atoms with Gasteiger partial charge in [-0.05, 0) is 53.9 Å². The van der Waals surface area contributed by atoms with Gasteiger partial charge in [0.25, 0.3) is 0 Å². The van der Waals surface area contributed by atoms with Gasteiger partial charge < -0.3 is 0 Å². The van der Waals surface area contributed by atoms with Gasteiger partial charge in [0.2, 0.25) is 5.91 Å². The maximum Gasteiger partial charge on any atom is 0.229 e. The lowest BCUT2D eigenvalue weighted by molar-refractivity contribution is -0.118. The first-order chi connectivity index (χ1) is 15.1. The van der Waals surface area contributed by atoms with Crippen molar-refractivity contribution in [2.75, 3.05) is 10.7 Å². The number of amides is 1. The molecule has 0 unspecified atom stereocenters. The highest BCUT2D eigenvalue weighted by atomic mass is 32.2. The molecule has 0 fully saturated rings. The highest BCUT2D eigenvalue weighted by Gasteiger charge is 2.20. The largest absolute Gasteiger partial charge is 0.284 e. The molecule has 0 radical (unpaired) electrons. The molecule has 3 nitrogen and oxygen atoms in total. The van der Waals surface area contributed by atoms with E-state index in [2.05, 4.69) is 19.1 Å². The van der Waals surface area contributed by atoms with Gasteiger partial charge in [-0.25, -0.2) is 9.37 Å². The highest BCUT2D eigenvalue weighted by molar-refractivity contribution is 7.99. The van der Waals surface area contributed by atoms with Crippen molar-refractivity contribution < 1.29 is 9.18 Å². The number of nitrogens with zero attached hydrogens (tertiary/aromatic N) is 2. The Labute approximate surface area is 189 Å². The summed E-state index contributed by atoms with van der Waals surface area (Å²) in [6.45, 7) is 2.62. The molecule has 1 aromatic heterocycles. The van der Waals surface area contributed by atoms with E-state index in [1.807, 2.05) is 36.4 Å². The minimum Gasteiger partial charge on any atom is -0.284 e. The number of carbonyl (C=O) groups excluding carboxylic acids is 1. The lowest BCUT2D eigenvalue weighted by Gasteiger charge is -2.20. The molecule has 0 aliphatic heterocycles. The van der Waals surface area contributed by atoms with Gasteiger partial charge in [-0.1, -0.05) is 54.7 Å². The summed E-state index contributed by atoms with van der Waals surface area (Å²) >= 11 is 3.11. The number of fused-ring (bicyclic) bond motifs is 1. The minimum atomic E-state index is -0.253. The van der Waals surface area contributed by atoms with E-state index in [-0.39, 0.29) is 11.7 Å². The SMILES string of the molecule is CCc1ccc2nc(N(Cc3ccccc3)C(=O)CCSc3ccc(F)cc3)sc2c1. The lowest BCUT2D eigenvalue weighted by Crippen LogP contribution is -2.30. The van der Waals surface area contributed by atoms with Crippen molar-refractivity contribution in [1.82, 2.24) is 4.98 Å². The predicted molar refractivity (Wildman–Crippen MR) is 128 cm³/mol. The Morgan fingerprint density at radius 1 is 1.03 bits per heavy atom. The van der Waals surface area contributed by atoms with Gasteiger partial charge in [-0.2, -0.15) is 0 Å². The van der Waals surface area contributed by atoms with E-state index in [9.17, 15) is 9.18 Å². The summed E-state index contributed by atoms with van der Waals surface area (Å²) in [4.78, 5) is 20.7. The number of thioether (sulfide) groups is 1. The zero-order valence-electron chi connectivity index (χ0n) is 17.3. The molecular formula is C25H23FN2OS2. The molecule has 1 heterocycles. The van der Waals surface area contributed by atoms with Gasteiger partial charge in [0.15, 0.2) is 5.13 Å². The van der Waals surface area contributed by atoms with Crippen molar-refractivity contribution in [3.63, 3.8) is 0 Å². The van der Waals surface area contributed by atoms with Crippen molar-refractivity contribution in [2.45, 2.75) is 31.2 Å². The minimum absolute atomic E-state index is 0.0354. The third-order valence-corrected chi connectivity index (χ3v) is 7.02. The van der Waals surface area contributed by atoms with Gasteiger partial charge >= 0.3 is 0 Å². The molecule has 4 aromatic rings. The summed E-state index contributed by atoms with van der Waals surface area (Å²) in [7, 11) is 0. The van der Waals surface area contributed by atoms with Crippen molar-refractivity contribution in [1.29, 1.82) is 0 Å². The molecule has 0 aliphatic carbocycles. The lowest BCUT2D eigenvalue weighted by atomic mass is 10.2. The Morgan fingerprint density at radius 3 is 2.55 bits per heavy atom. The van der Waals surface area contributed by atoms with Gasteiger partial charge in [-0.3, -0.25) is 9.69 Å². The Kier molecular flexibility index (Phi) is 6.99. The topological polar surface area (TPSA) is 33.2 Å². The van der Waals surface area contributed by atoms with Crippen LogP contribution < -0.4 is 4.90 Å². The van der Waals surface area contributed by atoms with E-state index in [1.165, 1.54) is 17.7 Å². The van der Waals surface area contributed by atoms with Gasteiger partial charge in [-0.15, -0.1) is 11.8 Å². The maximum atomic E-state index is 13.2. The molecule has 0 spiro atoms. The molecule has 0 atom stereocenters. The fraction of sp³-hybridized carbons (Fsp3) is 0.200. The molecule has 1 amide bonds. The monoisotopic (exact) mass is 450 g/mol. The van der Waals surface area contributed by atoms with Crippen LogP contribution in [0.3, 0.4) is 0 Å². The second-order valence-electron chi connectivity index (χ2n) is 7.17. The van der Waals surface area contributed by atoms with Crippen molar-refractivity contribution in [2.24, 2.45) is 0 Å². The number of hydrogen-bond acceptors (Lipinski definition) is 4. The first-order valence-electron chi connectivity index (χ1n) is 10.2. The third kappa shape index (κ3) is 5.51. The van der Waals surface area contributed by atoms with Crippen LogP contribution in [0.4, 0.5) is 9.52 Å². The second kappa shape index (κ2) is 10.1. The Hall–Kier alpha value is -2.70. The number of aromatic nitrogens is 1. The Bertz CT molecular complexity index is 1160. The molecule has 31 heavy (non-hydrogen) atoms. The molecule has 6 heteroatoms. The summed E-state index contributed by atoms with van der Waals surface area (Å²) in [6, 6.07) is 22.6. The van der Waals surface area contributed by atoms with E-state index < -0.39 is 0 Å². The standard InChI is InChI=1S/C25H23FN2OS2/c1-2-18-8-13-22-23(16-18)31-25(27-22)28(17-19-6-4-3-5-7-19)24(29)14-15-30-21-11-9-20(26)10-12-21/h3-13,16H,2,14-15,17H2,1H3. The van der Waals surface area contributed by atoms with Crippen LogP contribution >= 0.6 is 23.1 Å². The van der Waals surface area contributed by atoms with Crippen molar-refractivity contribution in [3.8, 4) is 0 Å². The summed E-state index contributed by atoms with van der Waals surface area (Å²) in [5.74, 6) is 0.408. The van der Waals surface area contributed by atoms with Crippen LogP contribution in [0.5, 0.6) is 0 Å². The molecule has 0 saturated carbocycles. The van der Waals surface area contributed by atoms with E-state index in [0.29, 0.717) is 18.7 Å². The number of anilines is 1.